The Hall–Kier alpha value is -3.24. The molecule has 0 radical (unpaired) electrons. The number of methoxy groups -OCH3 is 1. The number of aromatic nitrogens is 2. The lowest BCUT2D eigenvalue weighted by molar-refractivity contribution is -0.133. The van der Waals surface area contributed by atoms with Crippen molar-refractivity contribution < 1.29 is 36.3 Å². The zero-order valence-corrected chi connectivity index (χ0v) is 24.2. The summed E-state index contributed by atoms with van der Waals surface area (Å²) in [6, 6.07) is 5.11. The molecule has 0 aliphatic carbocycles. The molecule has 1 aromatic heterocycles. The predicted octanol–water partition coefficient (Wildman–Crippen LogP) is 2.77. The highest BCUT2D eigenvalue weighted by atomic mass is 32.2. The fourth-order valence-electron chi connectivity index (χ4n) is 3.53. The van der Waals surface area contributed by atoms with Crippen LogP contribution in [0, 0.1) is 11.6 Å². The molecule has 1 aromatic carbocycles. The second-order valence-corrected chi connectivity index (χ2v) is 12.3. The number of hydrogen-bond donors (Lipinski definition) is 2. The standard InChI is InChI=1S/C24H32F2N6O6S2/c1-24(2,3)29-23(34)38-13-8-20(33)31-9-11-32(12-10-31)40(35,36)30-18-14-19(37-4)28-22(27-18)39-15-16-6-5-7-17(25)21(16)26/h5-7,14H,8-13,15H2,1-4H3,(H,29,34)(H,27,28,30). The molecule has 2 heterocycles. The summed E-state index contributed by atoms with van der Waals surface area (Å²) in [6.07, 6.45) is -0.644. The first-order valence-corrected chi connectivity index (χ1v) is 14.7. The van der Waals surface area contributed by atoms with Crippen LogP contribution in [0.5, 0.6) is 5.88 Å². The lowest BCUT2D eigenvalue weighted by atomic mass is 10.1. The van der Waals surface area contributed by atoms with Crippen molar-refractivity contribution in [1.29, 1.82) is 0 Å². The van der Waals surface area contributed by atoms with Gasteiger partial charge >= 0.3 is 16.3 Å². The van der Waals surface area contributed by atoms with E-state index in [0.717, 1.165) is 17.8 Å². The SMILES string of the molecule is COc1cc(NS(=O)(=O)N2CCN(C(=O)CCOC(=O)NC(C)(C)C)CC2)nc(SCc2cccc(F)c2F)n1. The van der Waals surface area contributed by atoms with Crippen molar-refractivity contribution in [3.8, 4) is 5.88 Å². The van der Waals surface area contributed by atoms with Gasteiger partial charge in [-0.05, 0) is 26.8 Å². The third-order valence-corrected chi connectivity index (χ3v) is 7.88. The Morgan fingerprint density at radius 1 is 1.12 bits per heavy atom. The number of amides is 2. The van der Waals surface area contributed by atoms with Gasteiger partial charge < -0.3 is 19.7 Å². The molecule has 1 fully saturated rings. The van der Waals surface area contributed by atoms with Crippen LogP contribution in [0.15, 0.2) is 29.4 Å². The molecule has 1 saturated heterocycles. The Bertz CT molecular complexity index is 1320. The van der Waals surface area contributed by atoms with Gasteiger partial charge in [0.15, 0.2) is 16.8 Å². The Balaban J connectivity index is 1.54. The van der Waals surface area contributed by atoms with Crippen LogP contribution in [0.3, 0.4) is 0 Å². The zero-order chi connectivity index (χ0) is 29.5. The van der Waals surface area contributed by atoms with Crippen molar-refractivity contribution in [2.75, 3.05) is 44.6 Å². The van der Waals surface area contributed by atoms with Crippen molar-refractivity contribution in [1.82, 2.24) is 24.5 Å². The smallest absolute Gasteiger partial charge is 0.407 e. The molecule has 12 nitrogen and oxygen atoms in total. The summed E-state index contributed by atoms with van der Waals surface area (Å²) in [5.74, 6) is -2.20. The second kappa shape index (κ2) is 13.4. The average Bonchev–Trinajstić information content (AvgIpc) is 2.88. The molecule has 0 atom stereocenters. The molecule has 0 spiro atoms. The number of rotatable bonds is 10. The van der Waals surface area contributed by atoms with Crippen molar-refractivity contribution in [2.45, 2.75) is 43.6 Å². The van der Waals surface area contributed by atoms with E-state index in [0.29, 0.717) is 0 Å². The molecule has 1 aliphatic rings. The van der Waals surface area contributed by atoms with E-state index in [1.165, 1.54) is 34.5 Å². The first kappa shape index (κ1) is 31.3. The summed E-state index contributed by atoms with van der Waals surface area (Å²) in [5.41, 5.74) is -0.359. The molecule has 220 valence electrons. The van der Waals surface area contributed by atoms with Gasteiger partial charge in [-0.2, -0.15) is 17.7 Å². The van der Waals surface area contributed by atoms with E-state index >= 15 is 0 Å². The Labute approximate surface area is 236 Å². The van der Waals surface area contributed by atoms with E-state index in [2.05, 4.69) is 20.0 Å². The highest BCUT2D eigenvalue weighted by Crippen LogP contribution is 2.26. The largest absolute Gasteiger partial charge is 0.481 e. The van der Waals surface area contributed by atoms with Gasteiger partial charge in [-0.1, -0.05) is 23.9 Å². The first-order chi connectivity index (χ1) is 18.8. The number of alkyl carbamates (subject to hydrolysis) is 1. The van der Waals surface area contributed by atoms with E-state index in [1.54, 1.807) is 20.8 Å². The van der Waals surface area contributed by atoms with Gasteiger partial charge in [0.05, 0.1) is 13.5 Å². The topological polar surface area (TPSA) is 143 Å². The molecule has 2 amide bonds. The van der Waals surface area contributed by atoms with Gasteiger partial charge in [0.25, 0.3) is 0 Å². The summed E-state index contributed by atoms with van der Waals surface area (Å²) >= 11 is 0.979. The van der Waals surface area contributed by atoms with Crippen molar-refractivity contribution in [2.24, 2.45) is 0 Å². The van der Waals surface area contributed by atoms with Gasteiger partial charge in [0, 0.05) is 49.1 Å². The number of benzene rings is 1. The maximum absolute atomic E-state index is 14.0. The molecular weight excluding hydrogens is 570 g/mol. The van der Waals surface area contributed by atoms with Gasteiger partial charge in [-0.15, -0.1) is 0 Å². The van der Waals surface area contributed by atoms with E-state index < -0.39 is 33.5 Å². The lowest BCUT2D eigenvalue weighted by Crippen LogP contribution is -2.52. The number of carbonyl (C=O) groups excluding carboxylic acids is 2. The number of hydrogen-bond acceptors (Lipinski definition) is 9. The maximum Gasteiger partial charge on any atom is 0.407 e. The van der Waals surface area contributed by atoms with Gasteiger partial charge in [-0.3, -0.25) is 9.52 Å². The zero-order valence-electron chi connectivity index (χ0n) is 22.6. The molecule has 0 bridgehead atoms. The first-order valence-electron chi connectivity index (χ1n) is 12.3. The minimum absolute atomic E-state index is 0.00520. The summed E-state index contributed by atoms with van der Waals surface area (Å²) in [6.45, 7) is 5.70. The Morgan fingerprint density at radius 3 is 2.48 bits per heavy atom. The number of nitrogens with zero attached hydrogens (tertiary/aromatic N) is 4. The van der Waals surface area contributed by atoms with E-state index in [-0.39, 0.29) is 73.3 Å². The Morgan fingerprint density at radius 2 is 1.82 bits per heavy atom. The van der Waals surface area contributed by atoms with E-state index in [4.69, 9.17) is 9.47 Å². The summed E-state index contributed by atoms with van der Waals surface area (Å²) < 4.78 is 67.2. The van der Waals surface area contributed by atoms with Crippen molar-refractivity contribution in [3.63, 3.8) is 0 Å². The molecular formula is C24H32F2N6O6S2. The number of piperazine rings is 1. The molecule has 0 unspecified atom stereocenters. The third-order valence-electron chi connectivity index (χ3n) is 5.47. The Kier molecular flexibility index (Phi) is 10.5. The predicted molar refractivity (Wildman–Crippen MR) is 144 cm³/mol. The summed E-state index contributed by atoms with van der Waals surface area (Å²) in [4.78, 5) is 34.0. The number of ether oxygens (including phenoxy) is 2. The molecule has 16 heteroatoms. The normalized spacial score (nSPS) is 14.5. The minimum atomic E-state index is -4.05. The second-order valence-electron chi connectivity index (χ2n) is 9.73. The maximum atomic E-state index is 14.0. The van der Waals surface area contributed by atoms with Gasteiger partial charge in [-0.25, -0.2) is 18.6 Å². The van der Waals surface area contributed by atoms with E-state index in [1.807, 2.05) is 0 Å². The van der Waals surface area contributed by atoms with Crippen LogP contribution in [0.1, 0.15) is 32.8 Å². The number of carbonyl (C=O) groups is 2. The third kappa shape index (κ3) is 9.16. The van der Waals surface area contributed by atoms with Crippen LogP contribution in [-0.4, -0.2) is 85.0 Å². The monoisotopic (exact) mass is 602 g/mol. The summed E-state index contributed by atoms with van der Waals surface area (Å²) in [5, 5.41) is 2.72. The van der Waals surface area contributed by atoms with Crippen molar-refractivity contribution in [3.05, 3.63) is 41.5 Å². The van der Waals surface area contributed by atoms with Crippen LogP contribution in [-0.2, 0) is 25.5 Å². The van der Waals surface area contributed by atoms with Gasteiger partial charge in [0.1, 0.15) is 12.4 Å². The molecule has 0 saturated carbocycles. The van der Waals surface area contributed by atoms with Crippen LogP contribution >= 0.6 is 11.8 Å². The number of halogens is 2. The molecule has 2 N–H and O–H groups in total. The summed E-state index contributed by atoms with van der Waals surface area (Å²) in [7, 11) is -2.70. The van der Waals surface area contributed by atoms with E-state index in [9.17, 15) is 26.8 Å². The van der Waals surface area contributed by atoms with Crippen LogP contribution < -0.4 is 14.8 Å². The highest BCUT2D eigenvalue weighted by Gasteiger charge is 2.29. The van der Waals surface area contributed by atoms with Crippen LogP contribution in [0.25, 0.3) is 0 Å². The molecule has 40 heavy (non-hydrogen) atoms. The van der Waals surface area contributed by atoms with Crippen LogP contribution in [0.2, 0.25) is 0 Å². The lowest BCUT2D eigenvalue weighted by Gasteiger charge is -2.34. The minimum Gasteiger partial charge on any atom is -0.481 e. The number of thioether (sulfide) groups is 1. The number of anilines is 1. The quantitative estimate of drug-likeness (QED) is 0.310. The molecule has 3 rings (SSSR count). The molecule has 1 aliphatic heterocycles. The number of nitrogens with one attached hydrogen (secondary N) is 2. The van der Waals surface area contributed by atoms with Crippen molar-refractivity contribution >= 4 is 39.8 Å². The average molecular weight is 603 g/mol. The fourth-order valence-corrected chi connectivity index (χ4v) is 5.50. The fraction of sp³-hybridized carbons (Fsp3) is 0.500. The highest BCUT2D eigenvalue weighted by molar-refractivity contribution is 7.98. The molecule has 2 aromatic rings. The van der Waals surface area contributed by atoms with Crippen LogP contribution in [0.4, 0.5) is 19.4 Å². The van der Waals surface area contributed by atoms with Gasteiger partial charge in [0.2, 0.25) is 11.8 Å².